The first-order valence-electron chi connectivity index (χ1n) is 9.32. The van der Waals surface area contributed by atoms with Gasteiger partial charge in [-0.15, -0.1) is 21.5 Å². The molecule has 1 fully saturated rings. The fourth-order valence-corrected chi connectivity index (χ4v) is 5.79. The molecule has 4 rings (SSSR count). The van der Waals surface area contributed by atoms with E-state index in [0.29, 0.717) is 17.1 Å². The highest BCUT2D eigenvalue weighted by Gasteiger charge is 2.34. The number of rotatable bonds is 7. The lowest BCUT2D eigenvalue weighted by Gasteiger charge is -2.15. The van der Waals surface area contributed by atoms with E-state index in [1.165, 1.54) is 21.8 Å². The van der Waals surface area contributed by atoms with Gasteiger partial charge in [-0.3, -0.25) is 9.69 Å². The molecule has 1 amide bonds. The maximum atomic E-state index is 11.9. The van der Waals surface area contributed by atoms with E-state index in [1.54, 1.807) is 34.9 Å². The molecule has 1 aliphatic carbocycles. The number of carbonyl (C=O) groups excluding carboxylic acids is 1. The smallest absolute Gasteiger partial charge is 0.225 e. The molecule has 3 aromatic rings. The van der Waals surface area contributed by atoms with E-state index in [-0.39, 0.29) is 5.91 Å². The molecule has 2 aromatic heterocycles. The first-order chi connectivity index (χ1) is 13.5. The van der Waals surface area contributed by atoms with Gasteiger partial charge in [0, 0.05) is 35.4 Å². The highest BCUT2D eigenvalue weighted by Crippen LogP contribution is 2.37. The number of hydrogen-bond acceptors (Lipinski definition) is 7. The third-order valence-corrected chi connectivity index (χ3v) is 7.90. The van der Waals surface area contributed by atoms with Crippen LogP contribution in [0.2, 0.25) is 0 Å². The lowest BCUT2D eigenvalue weighted by atomic mass is 10.0. The standard InChI is InChI=1S/C20H22N4OS3/c1-12(2)14-4-6-15(7-5-14)18-21-10-17(27-18)11-26-20-23-22-19(28-20)24(13(3)25)16-8-9-16/h4-7,10,12,16H,8-9,11H2,1-3H3. The summed E-state index contributed by atoms with van der Waals surface area (Å²) in [5.41, 5.74) is 2.50. The molecule has 0 aliphatic heterocycles. The van der Waals surface area contributed by atoms with Crippen LogP contribution in [0.15, 0.2) is 34.8 Å². The minimum Gasteiger partial charge on any atom is -0.284 e. The van der Waals surface area contributed by atoms with Crippen LogP contribution in [-0.4, -0.2) is 27.1 Å². The summed E-state index contributed by atoms with van der Waals surface area (Å²) in [5.74, 6) is 1.39. The first-order valence-corrected chi connectivity index (χ1v) is 11.9. The van der Waals surface area contributed by atoms with Crippen LogP contribution < -0.4 is 4.90 Å². The molecule has 28 heavy (non-hydrogen) atoms. The van der Waals surface area contributed by atoms with E-state index in [2.05, 4.69) is 53.3 Å². The van der Waals surface area contributed by atoms with Crippen LogP contribution in [-0.2, 0) is 10.5 Å². The van der Waals surface area contributed by atoms with Gasteiger partial charge < -0.3 is 0 Å². The Bertz CT molecular complexity index is 960. The molecule has 0 bridgehead atoms. The Morgan fingerprint density at radius 1 is 1.21 bits per heavy atom. The molecule has 2 heterocycles. The van der Waals surface area contributed by atoms with Crippen molar-refractivity contribution in [2.75, 3.05) is 4.90 Å². The zero-order chi connectivity index (χ0) is 19.7. The molecule has 146 valence electrons. The van der Waals surface area contributed by atoms with E-state index >= 15 is 0 Å². The Hall–Kier alpha value is -1.77. The van der Waals surface area contributed by atoms with Crippen molar-refractivity contribution in [2.24, 2.45) is 0 Å². The fourth-order valence-electron chi connectivity index (χ4n) is 2.89. The van der Waals surface area contributed by atoms with Gasteiger partial charge in [-0.05, 0) is 24.3 Å². The number of thiazole rings is 1. The first kappa shape index (κ1) is 19.5. The van der Waals surface area contributed by atoms with Crippen molar-refractivity contribution < 1.29 is 4.79 Å². The molecule has 0 spiro atoms. The van der Waals surface area contributed by atoms with Crippen LogP contribution in [0.3, 0.4) is 0 Å². The Morgan fingerprint density at radius 2 is 1.96 bits per heavy atom. The van der Waals surface area contributed by atoms with E-state index < -0.39 is 0 Å². The highest BCUT2D eigenvalue weighted by atomic mass is 32.2. The van der Waals surface area contributed by atoms with E-state index in [9.17, 15) is 4.79 Å². The second kappa shape index (κ2) is 8.31. The number of nitrogens with zero attached hydrogens (tertiary/aromatic N) is 4. The molecular formula is C20H22N4OS3. The number of anilines is 1. The van der Waals surface area contributed by atoms with Crippen molar-refractivity contribution in [2.45, 2.75) is 55.7 Å². The van der Waals surface area contributed by atoms with Gasteiger partial charge in [0.2, 0.25) is 11.0 Å². The summed E-state index contributed by atoms with van der Waals surface area (Å²) >= 11 is 4.85. The zero-order valence-corrected chi connectivity index (χ0v) is 18.5. The summed E-state index contributed by atoms with van der Waals surface area (Å²) < 4.78 is 0.887. The number of carbonyl (C=O) groups is 1. The molecule has 0 N–H and O–H groups in total. The van der Waals surface area contributed by atoms with Gasteiger partial charge in [0.25, 0.3) is 0 Å². The number of amides is 1. The van der Waals surface area contributed by atoms with Crippen LogP contribution in [0.4, 0.5) is 5.13 Å². The predicted octanol–water partition coefficient (Wildman–Crippen LogP) is 5.59. The van der Waals surface area contributed by atoms with Crippen LogP contribution in [0.25, 0.3) is 10.6 Å². The largest absolute Gasteiger partial charge is 0.284 e. The van der Waals surface area contributed by atoms with Crippen molar-refractivity contribution in [1.82, 2.24) is 15.2 Å². The third kappa shape index (κ3) is 4.45. The van der Waals surface area contributed by atoms with Gasteiger partial charge in [-0.2, -0.15) is 0 Å². The topological polar surface area (TPSA) is 59.0 Å². The Morgan fingerprint density at radius 3 is 2.61 bits per heavy atom. The van der Waals surface area contributed by atoms with Crippen molar-refractivity contribution in [3.63, 3.8) is 0 Å². The summed E-state index contributed by atoms with van der Waals surface area (Å²) in [6.45, 7) is 6.00. The highest BCUT2D eigenvalue weighted by molar-refractivity contribution is 8.00. The SMILES string of the molecule is CC(=O)N(c1nnc(SCc2cnc(-c3ccc(C(C)C)cc3)s2)s1)C1CC1. The molecule has 0 radical (unpaired) electrons. The molecule has 0 saturated heterocycles. The molecule has 1 saturated carbocycles. The quantitative estimate of drug-likeness (QED) is 0.361. The van der Waals surface area contributed by atoms with Gasteiger partial charge in [-0.25, -0.2) is 4.98 Å². The predicted molar refractivity (Wildman–Crippen MR) is 117 cm³/mol. The Labute approximate surface area is 177 Å². The molecule has 0 atom stereocenters. The summed E-state index contributed by atoms with van der Waals surface area (Å²) in [4.78, 5) is 19.4. The lowest BCUT2D eigenvalue weighted by Crippen LogP contribution is -2.30. The molecular weight excluding hydrogens is 408 g/mol. The van der Waals surface area contributed by atoms with Gasteiger partial charge in [0.15, 0.2) is 4.34 Å². The summed E-state index contributed by atoms with van der Waals surface area (Å²) in [5, 5.41) is 10.2. The van der Waals surface area contributed by atoms with Crippen LogP contribution in [0, 0.1) is 0 Å². The normalized spacial score (nSPS) is 13.9. The molecule has 0 unspecified atom stereocenters. The average molecular weight is 431 g/mol. The number of benzene rings is 1. The van der Waals surface area contributed by atoms with Crippen LogP contribution in [0.1, 0.15) is 50.0 Å². The molecule has 5 nitrogen and oxygen atoms in total. The maximum Gasteiger partial charge on any atom is 0.225 e. The molecule has 1 aromatic carbocycles. The monoisotopic (exact) mass is 430 g/mol. The summed E-state index contributed by atoms with van der Waals surface area (Å²) in [6, 6.07) is 8.97. The van der Waals surface area contributed by atoms with E-state index in [1.807, 2.05) is 6.20 Å². The van der Waals surface area contributed by atoms with E-state index in [4.69, 9.17) is 0 Å². The molecule has 1 aliphatic rings. The summed E-state index contributed by atoms with van der Waals surface area (Å²) in [7, 11) is 0. The zero-order valence-electron chi connectivity index (χ0n) is 16.1. The number of hydrogen-bond donors (Lipinski definition) is 0. The van der Waals surface area contributed by atoms with Crippen molar-refractivity contribution >= 4 is 45.5 Å². The van der Waals surface area contributed by atoms with Gasteiger partial charge >= 0.3 is 0 Å². The van der Waals surface area contributed by atoms with Gasteiger partial charge in [0.05, 0.1) is 0 Å². The van der Waals surface area contributed by atoms with Crippen molar-refractivity contribution in [1.29, 1.82) is 0 Å². The third-order valence-electron chi connectivity index (χ3n) is 4.57. The summed E-state index contributed by atoms with van der Waals surface area (Å²) in [6.07, 6.45) is 4.06. The number of aromatic nitrogens is 3. The van der Waals surface area contributed by atoms with Crippen molar-refractivity contribution in [3.8, 4) is 10.6 Å². The second-order valence-corrected chi connectivity index (χ2v) is 10.5. The molecule has 8 heteroatoms. The maximum absolute atomic E-state index is 11.9. The Balaban J connectivity index is 1.39. The van der Waals surface area contributed by atoms with Crippen molar-refractivity contribution in [3.05, 3.63) is 40.9 Å². The fraction of sp³-hybridized carbons (Fsp3) is 0.400. The minimum atomic E-state index is 0.0470. The van der Waals surface area contributed by atoms with Gasteiger partial charge in [0.1, 0.15) is 5.01 Å². The lowest BCUT2D eigenvalue weighted by molar-refractivity contribution is -0.116. The average Bonchev–Trinajstić information content (AvgIpc) is 3.19. The van der Waals surface area contributed by atoms with E-state index in [0.717, 1.165) is 33.5 Å². The van der Waals surface area contributed by atoms with Gasteiger partial charge in [-0.1, -0.05) is 61.2 Å². The Kier molecular flexibility index (Phi) is 5.80. The van der Waals surface area contributed by atoms with Crippen LogP contribution >= 0.6 is 34.4 Å². The number of thioether (sulfide) groups is 1. The second-order valence-electron chi connectivity index (χ2n) is 7.17. The minimum absolute atomic E-state index is 0.0470. The van der Waals surface area contributed by atoms with Crippen LogP contribution in [0.5, 0.6) is 0 Å².